The van der Waals surface area contributed by atoms with Crippen LogP contribution in [-0.4, -0.2) is 23.4 Å². The van der Waals surface area contributed by atoms with E-state index in [1.54, 1.807) is 4.90 Å². The smallest absolute Gasteiger partial charge is 0.319 e. The Bertz CT molecular complexity index is 686. The van der Waals surface area contributed by atoms with Crippen LogP contribution in [0.25, 0.3) is 0 Å². The number of imide groups is 1. The predicted molar refractivity (Wildman–Crippen MR) is 80.8 cm³/mol. The fourth-order valence-electron chi connectivity index (χ4n) is 2.48. The third kappa shape index (κ3) is 2.83. The zero-order valence-electron chi connectivity index (χ0n) is 11.9. The highest BCUT2D eigenvalue weighted by Crippen LogP contribution is 2.22. The van der Waals surface area contributed by atoms with Crippen LogP contribution in [0.4, 0.5) is 14.9 Å². The van der Waals surface area contributed by atoms with Crippen LogP contribution in [0.3, 0.4) is 0 Å². The average molecular weight is 298 g/mol. The van der Waals surface area contributed by atoms with Gasteiger partial charge in [-0.2, -0.15) is 0 Å². The van der Waals surface area contributed by atoms with Crippen LogP contribution in [0.15, 0.2) is 54.6 Å². The molecule has 1 aliphatic rings. The second kappa shape index (κ2) is 5.97. The lowest BCUT2D eigenvalue weighted by atomic mass is 10.1. The summed E-state index contributed by atoms with van der Waals surface area (Å²) >= 11 is 0. The summed E-state index contributed by atoms with van der Waals surface area (Å²) in [5.74, 6) is -0.664. The van der Waals surface area contributed by atoms with Crippen molar-refractivity contribution in [1.82, 2.24) is 4.90 Å². The third-order valence-electron chi connectivity index (χ3n) is 3.61. The van der Waals surface area contributed by atoms with E-state index >= 15 is 0 Å². The van der Waals surface area contributed by atoms with Crippen molar-refractivity contribution < 1.29 is 14.0 Å². The summed E-state index contributed by atoms with van der Waals surface area (Å²) in [4.78, 5) is 27.4. The molecule has 3 rings (SSSR count). The third-order valence-corrected chi connectivity index (χ3v) is 3.61. The Hall–Kier alpha value is -2.69. The van der Waals surface area contributed by atoms with Gasteiger partial charge in [-0.15, -0.1) is 0 Å². The fourth-order valence-corrected chi connectivity index (χ4v) is 2.48. The van der Waals surface area contributed by atoms with Gasteiger partial charge < -0.3 is 4.90 Å². The first kappa shape index (κ1) is 14.3. The van der Waals surface area contributed by atoms with Crippen molar-refractivity contribution >= 4 is 17.6 Å². The molecule has 1 heterocycles. The summed E-state index contributed by atoms with van der Waals surface area (Å²) in [7, 11) is 0. The molecule has 0 unspecified atom stereocenters. The van der Waals surface area contributed by atoms with E-state index in [1.807, 2.05) is 30.3 Å². The minimum absolute atomic E-state index is 0.260. The first-order chi connectivity index (χ1) is 10.6. The van der Waals surface area contributed by atoms with E-state index in [1.165, 1.54) is 24.3 Å². The standard InChI is InChI=1S/C17H15FN2O2/c18-14-6-8-15(9-7-14)20-16(21)10-11-19(17(20)22)12-13-4-2-1-3-5-13/h1-9H,10-12H2. The lowest BCUT2D eigenvalue weighted by Gasteiger charge is -2.34. The summed E-state index contributed by atoms with van der Waals surface area (Å²) in [5.41, 5.74) is 1.40. The van der Waals surface area contributed by atoms with Crippen LogP contribution in [0.1, 0.15) is 12.0 Å². The van der Waals surface area contributed by atoms with Gasteiger partial charge in [-0.25, -0.2) is 14.1 Å². The quantitative estimate of drug-likeness (QED) is 0.873. The summed E-state index contributed by atoms with van der Waals surface area (Å²) in [6.07, 6.45) is 0.260. The molecule has 0 saturated carbocycles. The molecule has 3 amide bonds. The van der Waals surface area contributed by atoms with E-state index < -0.39 is 5.82 Å². The number of hydrogen-bond acceptors (Lipinski definition) is 2. The summed E-state index contributed by atoms with van der Waals surface area (Å²) in [6, 6.07) is 14.6. The summed E-state index contributed by atoms with van der Waals surface area (Å²) < 4.78 is 13.0. The lowest BCUT2D eigenvalue weighted by Crippen LogP contribution is -2.52. The van der Waals surface area contributed by atoms with Crippen molar-refractivity contribution in [3.8, 4) is 0 Å². The molecule has 0 spiro atoms. The highest BCUT2D eigenvalue weighted by atomic mass is 19.1. The molecule has 1 saturated heterocycles. The van der Waals surface area contributed by atoms with E-state index in [2.05, 4.69) is 0 Å². The second-order valence-electron chi connectivity index (χ2n) is 5.15. The highest BCUT2D eigenvalue weighted by molar-refractivity contribution is 6.15. The zero-order valence-corrected chi connectivity index (χ0v) is 11.9. The number of nitrogens with zero attached hydrogens (tertiary/aromatic N) is 2. The van der Waals surface area contributed by atoms with Crippen molar-refractivity contribution in [3.63, 3.8) is 0 Å². The Morgan fingerprint density at radius 3 is 2.32 bits per heavy atom. The largest absolute Gasteiger partial charge is 0.331 e. The molecule has 4 nitrogen and oxygen atoms in total. The van der Waals surface area contributed by atoms with Gasteiger partial charge in [0.05, 0.1) is 5.69 Å². The molecular weight excluding hydrogens is 283 g/mol. The topological polar surface area (TPSA) is 40.6 Å². The number of benzene rings is 2. The van der Waals surface area contributed by atoms with Crippen LogP contribution in [0, 0.1) is 5.82 Å². The maximum absolute atomic E-state index is 13.0. The van der Waals surface area contributed by atoms with Crippen molar-refractivity contribution in [3.05, 3.63) is 66.0 Å². The maximum Gasteiger partial charge on any atom is 0.331 e. The molecule has 0 radical (unpaired) electrons. The van der Waals surface area contributed by atoms with E-state index in [0.717, 1.165) is 10.5 Å². The molecule has 0 aromatic heterocycles. The molecule has 0 aliphatic carbocycles. The molecule has 5 heteroatoms. The molecule has 0 bridgehead atoms. The Morgan fingerprint density at radius 2 is 1.64 bits per heavy atom. The molecule has 2 aromatic carbocycles. The van der Waals surface area contributed by atoms with Gasteiger partial charge in [0.2, 0.25) is 5.91 Å². The highest BCUT2D eigenvalue weighted by Gasteiger charge is 2.33. The molecular formula is C17H15FN2O2. The van der Waals surface area contributed by atoms with Crippen LogP contribution in [0.5, 0.6) is 0 Å². The predicted octanol–water partition coefficient (Wildman–Crippen LogP) is 3.18. The van der Waals surface area contributed by atoms with Gasteiger partial charge in [0.15, 0.2) is 0 Å². The van der Waals surface area contributed by atoms with Gasteiger partial charge in [-0.3, -0.25) is 4.79 Å². The molecule has 1 aliphatic heterocycles. The fraction of sp³-hybridized carbons (Fsp3) is 0.176. The molecule has 2 aromatic rings. The number of amides is 3. The number of carbonyl (C=O) groups is 2. The normalized spacial score (nSPS) is 15.3. The van der Waals surface area contributed by atoms with E-state index in [4.69, 9.17) is 0 Å². The number of carbonyl (C=O) groups excluding carboxylic acids is 2. The van der Waals surface area contributed by atoms with Crippen LogP contribution in [-0.2, 0) is 11.3 Å². The minimum Gasteiger partial charge on any atom is -0.319 e. The molecule has 22 heavy (non-hydrogen) atoms. The first-order valence-corrected chi connectivity index (χ1v) is 7.06. The number of rotatable bonds is 3. The Morgan fingerprint density at radius 1 is 0.955 bits per heavy atom. The molecule has 112 valence electrons. The van der Waals surface area contributed by atoms with Crippen LogP contribution >= 0.6 is 0 Å². The number of anilines is 1. The van der Waals surface area contributed by atoms with E-state index in [-0.39, 0.29) is 18.4 Å². The second-order valence-corrected chi connectivity index (χ2v) is 5.15. The summed E-state index contributed by atoms with van der Waals surface area (Å²) in [5, 5.41) is 0. The first-order valence-electron chi connectivity index (χ1n) is 7.06. The zero-order chi connectivity index (χ0) is 15.5. The Labute approximate surface area is 127 Å². The molecule has 0 atom stereocenters. The van der Waals surface area contributed by atoms with Gasteiger partial charge in [-0.05, 0) is 29.8 Å². The summed E-state index contributed by atoms with van der Waals surface area (Å²) in [6.45, 7) is 0.842. The van der Waals surface area contributed by atoms with E-state index in [0.29, 0.717) is 18.8 Å². The Kier molecular flexibility index (Phi) is 3.87. The number of urea groups is 1. The van der Waals surface area contributed by atoms with Gasteiger partial charge in [0.25, 0.3) is 0 Å². The van der Waals surface area contributed by atoms with Crippen LogP contribution in [0.2, 0.25) is 0 Å². The SMILES string of the molecule is O=C1CCN(Cc2ccccc2)C(=O)N1c1ccc(F)cc1. The van der Waals surface area contributed by atoms with Gasteiger partial charge in [0.1, 0.15) is 5.82 Å². The minimum atomic E-state index is -0.401. The van der Waals surface area contributed by atoms with Crippen molar-refractivity contribution in [1.29, 1.82) is 0 Å². The van der Waals surface area contributed by atoms with Gasteiger partial charge in [-0.1, -0.05) is 30.3 Å². The van der Waals surface area contributed by atoms with Crippen molar-refractivity contribution in [2.24, 2.45) is 0 Å². The van der Waals surface area contributed by atoms with Gasteiger partial charge >= 0.3 is 6.03 Å². The van der Waals surface area contributed by atoms with Crippen LogP contribution < -0.4 is 4.90 Å². The average Bonchev–Trinajstić information content (AvgIpc) is 2.53. The van der Waals surface area contributed by atoms with Gasteiger partial charge in [0, 0.05) is 19.5 Å². The number of hydrogen-bond donors (Lipinski definition) is 0. The maximum atomic E-state index is 13.0. The number of halogens is 1. The molecule has 0 N–H and O–H groups in total. The van der Waals surface area contributed by atoms with Crippen molar-refractivity contribution in [2.45, 2.75) is 13.0 Å². The monoisotopic (exact) mass is 298 g/mol. The Balaban J connectivity index is 1.82. The van der Waals surface area contributed by atoms with Crippen molar-refractivity contribution in [2.75, 3.05) is 11.4 Å². The molecule has 1 fully saturated rings. The van der Waals surface area contributed by atoms with E-state index in [9.17, 15) is 14.0 Å². The lowest BCUT2D eigenvalue weighted by molar-refractivity contribution is -0.119.